The maximum absolute atomic E-state index is 12.4. The Kier molecular flexibility index (Phi) is 4.96. The van der Waals surface area contributed by atoms with E-state index in [-0.39, 0.29) is 28.1 Å². The number of nitrogens with one attached hydrogen (secondary N) is 2. The van der Waals surface area contributed by atoms with E-state index in [0.29, 0.717) is 12.2 Å². The van der Waals surface area contributed by atoms with E-state index in [9.17, 15) is 18.0 Å². The summed E-state index contributed by atoms with van der Waals surface area (Å²) in [6.45, 7) is 3.37. The van der Waals surface area contributed by atoms with Crippen molar-refractivity contribution in [3.05, 3.63) is 24.3 Å². The Morgan fingerprint density at radius 3 is 2.71 bits per heavy atom. The van der Waals surface area contributed by atoms with Gasteiger partial charge in [0.15, 0.2) is 0 Å². The minimum absolute atomic E-state index is 0.0662. The van der Waals surface area contributed by atoms with Crippen molar-refractivity contribution in [1.82, 2.24) is 10.2 Å². The average Bonchev–Trinajstić information content (AvgIpc) is 2.90. The number of halogens is 3. The molecule has 0 atom stereocenters. The van der Waals surface area contributed by atoms with Crippen molar-refractivity contribution in [2.24, 2.45) is 5.41 Å². The molecule has 1 spiro atoms. The number of hydrogen-bond acceptors (Lipinski definition) is 3. The summed E-state index contributed by atoms with van der Waals surface area (Å²) in [6, 6.07) is 5.62. The van der Waals surface area contributed by atoms with E-state index in [1.165, 1.54) is 18.2 Å². The number of benzene rings is 1. The van der Waals surface area contributed by atoms with Crippen LogP contribution in [0.1, 0.15) is 19.3 Å². The first-order valence-corrected chi connectivity index (χ1v) is 8.79. The van der Waals surface area contributed by atoms with E-state index in [1.807, 2.05) is 0 Å². The van der Waals surface area contributed by atoms with Crippen LogP contribution >= 0.6 is 11.8 Å². The number of nitrogens with zero attached hydrogens (tertiary/aromatic N) is 1. The molecule has 2 aliphatic rings. The highest BCUT2D eigenvalue weighted by Crippen LogP contribution is 2.39. The van der Waals surface area contributed by atoms with Gasteiger partial charge in [0.1, 0.15) is 0 Å². The van der Waals surface area contributed by atoms with E-state index >= 15 is 0 Å². The Bertz CT molecular complexity index is 602. The molecule has 1 aromatic rings. The number of rotatable bonds is 2. The maximum Gasteiger partial charge on any atom is 0.446 e. The van der Waals surface area contributed by atoms with Crippen LogP contribution in [-0.4, -0.2) is 42.6 Å². The van der Waals surface area contributed by atoms with Crippen molar-refractivity contribution >= 4 is 23.5 Å². The van der Waals surface area contributed by atoms with Crippen molar-refractivity contribution in [2.75, 3.05) is 31.5 Å². The van der Waals surface area contributed by atoms with Crippen LogP contribution in [-0.2, 0) is 0 Å². The van der Waals surface area contributed by atoms with Gasteiger partial charge in [0.2, 0.25) is 0 Å². The Morgan fingerprint density at radius 1 is 1.25 bits per heavy atom. The molecular weight excluding hydrogens is 339 g/mol. The van der Waals surface area contributed by atoms with Gasteiger partial charge in [-0.15, -0.1) is 0 Å². The summed E-state index contributed by atoms with van der Waals surface area (Å²) in [6.07, 6.45) is 3.12. The average molecular weight is 359 g/mol. The molecule has 4 nitrogen and oxygen atoms in total. The molecule has 0 radical (unpaired) electrons. The zero-order valence-electron chi connectivity index (χ0n) is 13.2. The number of hydrogen-bond donors (Lipinski definition) is 2. The summed E-state index contributed by atoms with van der Waals surface area (Å²) < 4.78 is 37.3. The third-order valence-electron chi connectivity index (χ3n) is 4.71. The first-order valence-electron chi connectivity index (χ1n) is 7.98. The maximum atomic E-state index is 12.4. The molecule has 132 valence electrons. The van der Waals surface area contributed by atoms with E-state index < -0.39 is 5.51 Å². The highest BCUT2D eigenvalue weighted by Gasteiger charge is 2.40. The van der Waals surface area contributed by atoms with Crippen LogP contribution in [0.15, 0.2) is 29.2 Å². The van der Waals surface area contributed by atoms with Gasteiger partial charge in [-0.3, -0.25) is 0 Å². The van der Waals surface area contributed by atoms with Gasteiger partial charge in [-0.1, -0.05) is 6.07 Å². The predicted octanol–water partition coefficient (Wildman–Crippen LogP) is 3.91. The number of piperidine rings is 1. The lowest BCUT2D eigenvalue weighted by atomic mass is 9.78. The molecule has 3 rings (SSSR count). The van der Waals surface area contributed by atoms with Gasteiger partial charge in [0.05, 0.1) is 0 Å². The lowest BCUT2D eigenvalue weighted by molar-refractivity contribution is -0.0328. The molecule has 0 aliphatic carbocycles. The summed E-state index contributed by atoms with van der Waals surface area (Å²) in [7, 11) is 0. The standard InChI is InChI=1S/C16H20F3N3OS/c17-16(18,19)24-13-3-1-2-12(10-13)21-14(23)22-9-6-15(11-22)4-7-20-8-5-15/h1-3,10,20H,4-9,11H2,(H,21,23). The third kappa shape index (κ3) is 4.36. The molecule has 2 amide bonds. The molecule has 2 fully saturated rings. The summed E-state index contributed by atoms with van der Waals surface area (Å²) in [5.74, 6) is 0. The molecule has 0 aromatic heterocycles. The molecule has 2 aliphatic heterocycles. The van der Waals surface area contributed by atoms with E-state index in [4.69, 9.17) is 0 Å². The number of anilines is 1. The second-order valence-electron chi connectivity index (χ2n) is 6.43. The molecule has 0 bridgehead atoms. The Balaban J connectivity index is 1.60. The van der Waals surface area contributed by atoms with Gasteiger partial charge in [-0.25, -0.2) is 4.79 Å². The second-order valence-corrected chi connectivity index (χ2v) is 7.57. The van der Waals surface area contributed by atoms with Crippen molar-refractivity contribution in [3.8, 4) is 0 Å². The van der Waals surface area contributed by atoms with Gasteiger partial charge in [0, 0.05) is 23.7 Å². The van der Waals surface area contributed by atoms with Crippen LogP contribution in [0.5, 0.6) is 0 Å². The molecule has 2 saturated heterocycles. The summed E-state index contributed by atoms with van der Waals surface area (Å²) >= 11 is -0.180. The fourth-order valence-electron chi connectivity index (χ4n) is 3.45. The zero-order valence-corrected chi connectivity index (χ0v) is 14.0. The SMILES string of the molecule is O=C(Nc1cccc(SC(F)(F)F)c1)N1CCC2(CCNCC2)C1. The minimum Gasteiger partial charge on any atom is -0.324 e. The monoisotopic (exact) mass is 359 g/mol. The fraction of sp³-hybridized carbons (Fsp3) is 0.562. The Morgan fingerprint density at radius 2 is 2.00 bits per heavy atom. The van der Waals surface area contributed by atoms with Crippen LogP contribution < -0.4 is 10.6 Å². The van der Waals surface area contributed by atoms with Gasteiger partial charge >= 0.3 is 11.5 Å². The highest BCUT2D eigenvalue weighted by atomic mass is 32.2. The third-order valence-corrected chi connectivity index (χ3v) is 5.43. The van der Waals surface area contributed by atoms with Crippen LogP contribution in [0.3, 0.4) is 0 Å². The fourth-order valence-corrected chi connectivity index (χ4v) is 4.05. The van der Waals surface area contributed by atoms with Gasteiger partial charge in [-0.2, -0.15) is 13.2 Å². The number of amides is 2. The zero-order chi connectivity index (χ0) is 17.2. The molecular formula is C16H20F3N3OS. The van der Waals surface area contributed by atoms with E-state index in [1.54, 1.807) is 11.0 Å². The highest BCUT2D eigenvalue weighted by molar-refractivity contribution is 8.00. The van der Waals surface area contributed by atoms with Crippen molar-refractivity contribution < 1.29 is 18.0 Å². The second kappa shape index (κ2) is 6.84. The number of thioether (sulfide) groups is 1. The number of carbonyl (C=O) groups is 1. The van der Waals surface area contributed by atoms with Crippen LogP contribution in [0.4, 0.5) is 23.7 Å². The lowest BCUT2D eigenvalue weighted by Gasteiger charge is -2.33. The number of urea groups is 1. The molecule has 8 heteroatoms. The molecule has 0 unspecified atom stereocenters. The van der Waals surface area contributed by atoms with E-state index in [2.05, 4.69) is 10.6 Å². The molecule has 0 saturated carbocycles. The van der Waals surface area contributed by atoms with Crippen LogP contribution in [0.2, 0.25) is 0 Å². The number of alkyl halides is 3. The number of likely N-dealkylation sites (tertiary alicyclic amines) is 1. The smallest absolute Gasteiger partial charge is 0.324 e. The Hall–Kier alpha value is -1.41. The van der Waals surface area contributed by atoms with Gasteiger partial charge in [0.25, 0.3) is 0 Å². The molecule has 24 heavy (non-hydrogen) atoms. The van der Waals surface area contributed by atoms with Crippen LogP contribution in [0.25, 0.3) is 0 Å². The minimum atomic E-state index is -4.33. The number of carbonyl (C=O) groups excluding carboxylic acids is 1. The largest absolute Gasteiger partial charge is 0.446 e. The lowest BCUT2D eigenvalue weighted by Crippen LogP contribution is -2.40. The predicted molar refractivity (Wildman–Crippen MR) is 88.1 cm³/mol. The topological polar surface area (TPSA) is 44.4 Å². The Labute approximate surface area is 143 Å². The normalized spacial score (nSPS) is 20.4. The molecule has 2 N–H and O–H groups in total. The first-order chi connectivity index (χ1) is 11.4. The van der Waals surface area contributed by atoms with Crippen LogP contribution in [0, 0.1) is 5.41 Å². The quantitative estimate of drug-likeness (QED) is 0.787. The van der Waals surface area contributed by atoms with Gasteiger partial charge < -0.3 is 15.5 Å². The summed E-state index contributed by atoms with van der Waals surface area (Å²) in [4.78, 5) is 14.2. The van der Waals surface area contributed by atoms with Crippen molar-refractivity contribution in [2.45, 2.75) is 29.7 Å². The van der Waals surface area contributed by atoms with E-state index in [0.717, 1.165) is 38.9 Å². The first kappa shape index (κ1) is 17.4. The van der Waals surface area contributed by atoms with Gasteiger partial charge in [-0.05, 0) is 67.7 Å². The summed E-state index contributed by atoms with van der Waals surface area (Å²) in [5.41, 5.74) is -3.74. The van der Waals surface area contributed by atoms with Crippen molar-refractivity contribution in [3.63, 3.8) is 0 Å². The van der Waals surface area contributed by atoms with Crippen molar-refractivity contribution in [1.29, 1.82) is 0 Å². The summed E-state index contributed by atoms with van der Waals surface area (Å²) in [5, 5.41) is 6.05. The molecule has 2 heterocycles. The molecule has 1 aromatic carbocycles.